The van der Waals surface area contributed by atoms with Gasteiger partial charge in [-0.05, 0) is 12.8 Å². The van der Waals surface area contributed by atoms with Crippen LogP contribution in [0.5, 0.6) is 0 Å². The van der Waals surface area contributed by atoms with Crippen LogP contribution in [0.3, 0.4) is 0 Å². The number of halogens is 1. The van der Waals surface area contributed by atoms with Gasteiger partial charge >= 0.3 is 6.03 Å². The Hall–Kier alpha value is -0.510. The van der Waals surface area contributed by atoms with Gasteiger partial charge in [0.05, 0.1) is 6.54 Å². The summed E-state index contributed by atoms with van der Waals surface area (Å²) < 4.78 is 0.799. The summed E-state index contributed by atoms with van der Waals surface area (Å²) in [4.78, 5) is 13.5. The third-order valence-electron chi connectivity index (χ3n) is 2.87. The van der Waals surface area contributed by atoms with Crippen molar-refractivity contribution in [3.63, 3.8) is 0 Å². The zero-order chi connectivity index (χ0) is 11.3. The molecule has 0 spiro atoms. The average molecular weight is 275 g/mol. The van der Waals surface area contributed by atoms with Crippen LogP contribution in [0.4, 0.5) is 4.79 Å². The number of rotatable bonds is 3. The quantitative estimate of drug-likeness (QED) is 0.844. The van der Waals surface area contributed by atoms with Gasteiger partial charge in [-0.15, -0.1) is 0 Å². The van der Waals surface area contributed by atoms with Crippen LogP contribution >= 0.6 is 15.9 Å². The molecule has 1 fully saturated rings. The molecule has 0 unspecified atom stereocenters. The van der Waals surface area contributed by atoms with Crippen LogP contribution in [-0.4, -0.2) is 30.6 Å². The zero-order valence-electron chi connectivity index (χ0n) is 9.26. The summed E-state index contributed by atoms with van der Waals surface area (Å²) in [7, 11) is 1.88. The third-order valence-corrected chi connectivity index (χ3v) is 3.15. The molecule has 15 heavy (non-hydrogen) atoms. The van der Waals surface area contributed by atoms with Gasteiger partial charge in [0.25, 0.3) is 0 Å². The van der Waals surface area contributed by atoms with Gasteiger partial charge < -0.3 is 10.2 Å². The normalized spacial score (nSPS) is 17.2. The Balaban J connectivity index is 2.33. The number of hydrogen-bond acceptors (Lipinski definition) is 1. The minimum Gasteiger partial charge on any atom is -0.333 e. The Labute approximate surface area is 100 Å². The molecule has 0 saturated heterocycles. The maximum absolute atomic E-state index is 11.7. The topological polar surface area (TPSA) is 32.3 Å². The van der Waals surface area contributed by atoms with E-state index in [9.17, 15) is 4.79 Å². The molecule has 3 nitrogen and oxygen atoms in total. The monoisotopic (exact) mass is 274 g/mol. The van der Waals surface area contributed by atoms with Crippen LogP contribution in [0.1, 0.15) is 32.1 Å². The fourth-order valence-corrected chi connectivity index (χ4v) is 2.07. The number of nitrogens with zero attached hydrogens (tertiary/aromatic N) is 1. The van der Waals surface area contributed by atoms with Gasteiger partial charge in [-0.3, -0.25) is 0 Å². The zero-order valence-corrected chi connectivity index (χ0v) is 10.8. The summed E-state index contributed by atoms with van der Waals surface area (Å²) in [6, 6.07) is 0.421. The maximum Gasteiger partial charge on any atom is 0.317 e. The molecule has 0 aromatic carbocycles. The Bertz CT molecular complexity index is 237. The van der Waals surface area contributed by atoms with E-state index >= 15 is 0 Å². The van der Waals surface area contributed by atoms with E-state index in [1.54, 1.807) is 0 Å². The average Bonchev–Trinajstić information content (AvgIpc) is 2.26. The van der Waals surface area contributed by atoms with Crippen LogP contribution in [-0.2, 0) is 0 Å². The van der Waals surface area contributed by atoms with Gasteiger partial charge in [-0.2, -0.15) is 0 Å². The number of carbonyl (C=O) groups is 1. The highest BCUT2D eigenvalue weighted by atomic mass is 79.9. The van der Waals surface area contributed by atoms with E-state index in [1.807, 2.05) is 11.9 Å². The summed E-state index contributed by atoms with van der Waals surface area (Å²) in [5.74, 6) is 0. The Morgan fingerprint density at radius 1 is 1.47 bits per heavy atom. The summed E-state index contributed by atoms with van der Waals surface area (Å²) in [6.07, 6.45) is 6.07. The number of hydrogen-bond donors (Lipinski definition) is 1. The second-order valence-electron chi connectivity index (χ2n) is 4.08. The molecule has 0 heterocycles. The van der Waals surface area contributed by atoms with Gasteiger partial charge in [0.15, 0.2) is 0 Å². The van der Waals surface area contributed by atoms with Gasteiger partial charge in [0, 0.05) is 17.6 Å². The third kappa shape index (κ3) is 4.24. The number of urea groups is 1. The molecule has 0 aromatic rings. The standard InChI is InChI=1S/C11H19BrN2O/c1-9(12)8-13-11(15)14(2)10-6-4-3-5-7-10/h10H,1,3-8H2,2H3,(H,13,15). The Kier molecular flexibility index (Phi) is 5.15. The van der Waals surface area contributed by atoms with E-state index in [-0.39, 0.29) is 6.03 Å². The molecule has 1 aliphatic rings. The first-order chi connectivity index (χ1) is 7.11. The van der Waals surface area contributed by atoms with Crippen molar-refractivity contribution >= 4 is 22.0 Å². The van der Waals surface area contributed by atoms with Crippen molar-refractivity contribution in [2.24, 2.45) is 0 Å². The lowest BCUT2D eigenvalue weighted by molar-refractivity contribution is 0.174. The number of amides is 2. The second-order valence-corrected chi connectivity index (χ2v) is 5.20. The minimum atomic E-state index is 0.00231. The number of nitrogens with one attached hydrogen (secondary N) is 1. The first-order valence-corrected chi connectivity index (χ1v) is 6.24. The fourth-order valence-electron chi connectivity index (χ4n) is 1.93. The molecule has 0 radical (unpaired) electrons. The molecular formula is C11H19BrN2O. The van der Waals surface area contributed by atoms with Gasteiger partial charge in [-0.25, -0.2) is 4.79 Å². The van der Waals surface area contributed by atoms with Crippen molar-refractivity contribution in [1.82, 2.24) is 10.2 Å². The highest BCUT2D eigenvalue weighted by molar-refractivity contribution is 9.11. The lowest BCUT2D eigenvalue weighted by Crippen LogP contribution is -2.44. The molecule has 1 saturated carbocycles. The molecule has 2 amide bonds. The molecule has 0 aliphatic heterocycles. The van der Waals surface area contributed by atoms with Crippen LogP contribution in [0.15, 0.2) is 11.1 Å². The summed E-state index contributed by atoms with van der Waals surface area (Å²) in [6.45, 7) is 4.18. The molecule has 4 heteroatoms. The minimum absolute atomic E-state index is 0.00231. The van der Waals surface area contributed by atoms with Crippen molar-refractivity contribution in [1.29, 1.82) is 0 Å². The second kappa shape index (κ2) is 6.16. The van der Waals surface area contributed by atoms with Crippen LogP contribution < -0.4 is 5.32 Å². The lowest BCUT2D eigenvalue weighted by atomic mass is 9.95. The first-order valence-electron chi connectivity index (χ1n) is 5.45. The highest BCUT2D eigenvalue weighted by Crippen LogP contribution is 2.21. The van der Waals surface area contributed by atoms with Crippen molar-refractivity contribution in [2.75, 3.05) is 13.6 Å². The van der Waals surface area contributed by atoms with Crippen molar-refractivity contribution in [3.8, 4) is 0 Å². The molecule has 0 bridgehead atoms. The number of carbonyl (C=O) groups excluding carboxylic acids is 1. The first kappa shape index (κ1) is 12.6. The molecule has 1 aliphatic carbocycles. The molecule has 0 atom stereocenters. The van der Waals surface area contributed by atoms with E-state index in [0.29, 0.717) is 12.6 Å². The van der Waals surface area contributed by atoms with E-state index in [4.69, 9.17) is 0 Å². The lowest BCUT2D eigenvalue weighted by Gasteiger charge is -2.31. The summed E-state index contributed by atoms with van der Waals surface area (Å²) >= 11 is 3.22. The molecule has 1 N–H and O–H groups in total. The van der Waals surface area contributed by atoms with Crippen LogP contribution in [0.25, 0.3) is 0 Å². The largest absolute Gasteiger partial charge is 0.333 e. The Morgan fingerprint density at radius 3 is 2.60 bits per heavy atom. The van der Waals surface area contributed by atoms with Crippen molar-refractivity contribution in [2.45, 2.75) is 38.1 Å². The van der Waals surface area contributed by atoms with E-state index in [2.05, 4.69) is 27.8 Å². The van der Waals surface area contributed by atoms with Gasteiger partial charge in [0.2, 0.25) is 0 Å². The molecule has 1 rings (SSSR count). The van der Waals surface area contributed by atoms with Crippen LogP contribution in [0, 0.1) is 0 Å². The van der Waals surface area contributed by atoms with E-state index < -0.39 is 0 Å². The Morgan fingerprint density at radius 2 is 2.07 bits per heavy atom. The fraction of sp³-hybridized carbons (Fsp3) is 0.727. The molecule has 0 aromatic heterocycles. The van der Waals surface area contributed by atoms with E-state index in [1.165, 1.54) is 19.3 Å². The van der Waals surface area contributed by atoms with E-state index in [0.717, 1.165) is 17.3 Å². The maximum atomic E-state index is 11.7. The van der Waals surface area contributed by atoms with Crippen LogP contribution in [0.2, 0.25) is 0 Å². The highest BCUT2D eigenvalue weighted by Gasteiger charge is 2.21. The summed E-state index contributed by atoms with van der Waals surface area (Å²) in [5.41, 5.74) is 0. The molecule has 86 valence electrons. The van der Waals surface area contributed by atoms with Gasteiger partial charge in [0.1, 0.15) is 0 Å². The molecular weight excluding hydrogens is 256 g/mol. The predicted octanol–water partition coefficient (Wildman–Crippen LogP) is 2.87. The van der Waals surface area contributed by atoms with Crippen molar-refractivity contribution < 1.29 is 4.79 Å². The van der Waals surface area contributed by atoms with Crippen molar-refractivity contribution in [3.05, 3.63) is 11.1 Å². The SMILES string of the molecule is C=C(Br)CNC(=O)N(C)C1CCCCC1. The summed E-state index contributed by atoms with van der Waals surface area (Å²) in [5, 5.41) is 2.82. The van der Waals surface area contributed by atoms with Gasteiger partial charge in [-0.1, -0.05) is 41.8 Å². The predicted molar refractivity (Wildman–Crippen MR) is 66.1 cm³/mol. The smallest absolute Gasteiger partial charge is 0.317 e.